The van der Waals surface area contributed by atoms with Gasteiger partial charge in [-0.1, -0.05) is 13.8 Å². The van der Waals surface area contributed by atoms with Crippen LogP contribution in [0.1, 0.15) is 36.4 Å². The lowest BCUT2D eigenvalue weighted by Gasteiger charge is -2.37. The number of hydrogen-bond acceptors (Lipinski definition) is 3. The number of likely N-dealkylation sites (tertiary alicyclic amines) is 1. The van der Waals surface area contributed by atoms with Crippen molar-refractivity contribution in [1.29, 1.82) is 0 Å². The van der Waals surface area contributed by atoms with E-state index >= 15 is 0 Å². The van der Waals surface area contributed by atoms with Crippen molar-refractivity contribution in [3.63, 3.8) is 0 Å². The second-order valence-corrected chi connectivity index (χ2v) is 6.95. The molecule has 1 aromatic heterocycles. The van der Waals surface area contributed by atoms with E-state index in [9.17, 15) is 0 Å². The van der Waals surface area contributed by atoms with E-state index in [-0.39, 0.29) is 0 Å². The summed E-state index contributed by atoms with van der Waals surface area (Å²) in [4.78, 5) is 5.55. The Labute approximate surface area is 115 Å². The minimum atomic E-state index is 0.728. The third-order valence-electron chi connectivity index (χ3n) is 3.82. The van der Waals surface area contributed by atoms with Crippen LogP contribution in [0.15, 0.2) is 12.1 Å². The minimum absolute atomic E-state index is 0.728. The highest BCUT2D eigenvalue weighted by molar-refractivity contribution is 7.11. The van der Waals surface area contributed by atoms with Crippen LogP contribution in [0, 0.1) is 12.8 Å². The van der Waals surface area contributed by atoms with Gasteiger partial charge in [0.1, 0.15) is 0 Å². The molecule has 0 spiro atoms. The van der Waals surface area contributed by atoms with Crippen LogP contribution >= 0.6 is 11.3 Å². The largest absolute Gasteiger partial charge is 0.314 e. The quantitative estimate of drug-likeness (QED) is 0.880. The highest BCUT2D eigenvalue weighted by Gasteiger charge is 2.25. The first-order valence-electron chi connectivity index (χ1n) is 7.20. The molecule has 0 aliphatic carbocycles. The van der Waals surface area contributed by atoms with Gasteiger partial charge in [-0.25, -0.2) is 0 Å². The maximum atomic E-state index is 3.69. The normalized spacial score (nSPS) is 25.5. The standard InChI is InChI=1S/C15H26N2S/c1-4-8-16-15-7-9-17(10-12(15)2)11-14-6-5-13(3)18-14/h5-6,12,15-16H,4,7-11H2,1-3H3. The smallest absolute Gasteiger partial charge is 0.0328 e. The lowest BCUT2D eigenvalue weighted by atomic mass is 9.93. The summed E-state index contributed by atoms with van der Waals surface area (Å²) < 4.78 is 0. The molecule has 2 rings (SSSR count). The number of nitrogens with zero attached hydrogens (tertiary/aromatic N) is 1. The lowest BCUT2D eigenvalue weighted by Crippen LogP contribution is -2.48. The van der Waals surface area contributed by atoms with Crippen LogP contribution in [0.3, 0.4) is 0 Å². The Hall–Kier alpha value is -0.380. The van der Waals surface area contributed by atoms with Crippen molar-refractivity contribution in [1.82, 2.24) is 10.2 Å². The number of piperidine rings is 1. The first-order valence-corrected chi connectivity index (χ1v) is 8.01. The van der Waals surface area contributed by atoms with Gasteiger partial charge in [0.15, 0.2) is 0 Å². The van der Waals surface area contributed by atoms with Crippen LogP contribution < -0.4 is 5.32 Å². The fourth-order valence-corrected chi connectivity index (χ4v) is 3.73. The van der Waals surface area contributed by atoms with Gasteiger partial charge in [-0.15, -0.1) is 11.3 Å². The molecule has 2 nitrogen and oxygen atoms in total. The van der Waals surface area contributed by atoms with E-state index in [0.29, 0.717) is 0 Å². The lowest BCUT2D eigenvalue weighted by molar-refractivity contribution is 0.142. The van der Waals surface area contributed by atoms with E-state index in [4.69, 9.17) is 0 Å². The maximum Gasteiger partial charge on any atom is 0.0328 e. The SMILES string of the molecule is CCCNC1CCN(Cc2ccc(C)s2)CC1C. The molecule has 1 aromatic rings. The van der Waals surface area contributed by atoms with Crippen LogP contribution in [-0.2, 0) is 6.54 Å². The Morgan fingerprint density at radius 1 is 1.44 bits per heavy atom. The fraction of sp³-hybridized carbons (Fsp3) is 0.733. The van der Waals surface area contributed by atoms with Gasteiger partial charge in [0.2, 0.25) is 0 Å². The summed E-state index contributed by atoms with van der Waals surface area (Å²) in [6.07, 6.45) is 2.53. The average molecular weight is 266 g/mol. The van der Waals surface area contributed by atoms with Gasteiger partial charge in [0.25, 0.3) is 0 Å². The van der Waals surface area contributed by atoms with Gasteiger partial charge in [0, 0.05) is 35.4 Å². The predicted octanol–water partition coefficient (Wildman–Crippen LogP) is 3.27. The van der Waals surface area contributed by atoms with Gasteiger partial charge in [-0.3, -0.25) is 4.90 Å². The average Bonchev–Trinajstić information content (AvgIpc) is 2.74. The zero-order valence-electron chi connectivity index (χ0n) is 11.9. The Kier molecular flexibility index (Phi) is 5.22. The summed E-state index contributed by atoms with van der Waals surface area (Å²) in [7, 11) is 0. The molecule has 3 heteroatoms. The number of nitrogens with one attached hydrogen (secondary N) is 1. The van der Waals surface area contributed by atoms with E-state index in [0.717, 1.165) is 18.5 Å². The molecule has 0 radical (unpaired) electrons. The van der Waals surface area contributed by atoms with E-state index in [1.807, 2.05) is 11.3 Å². The van der Waals surface area contributed by atoms with Crippen molar-refractivity contribution in [2.45, 2.75) is 46.2 Å². The van der Waals surface area contributed by atoms with E-state index in [1.54, 1.807) is 0 Å². The first-order chi connectivity index (χ1) is 8.69. The number of aryl methyl sites for hydroxylation is 1. The molecular weight excluding hydrogens is 240 g/mol. The number of thiophene rings is 1. The summed E-state index contributed by atoms with van der Waals surface area (Å²) in [5, 5.41) is 3.69. The molecule has 0 saturated carbocycles. The van der Waals surface area contributed by atoms with Crippen molar-refractivity contribution >= 4 is 11.3 Å². The topological polar surface area (TPSA) is 15.3 Å². The summed E-state index contributed by atoms with van der Waals surface area (Å²) in [5.41, 5.74) is 0. The van der Waals surface area contributed by atoms with E-state index < -0.39 is 0 Å². The third-order valence-corrected chi connectivity index (χ3v) is 4.81. The second kappa shape index (κ2) is 6.69. The molecule has 2 atom stereocenters. The zero-order chi connectivity index (χ0) is 13.0. The third kappa shape index (κ3) is 3.81. The molecule has 0 aromatic carbocycles. The first kappa shape index (κ1) is 14.0. The minimum Gasteiger partial charge on any atom is -0.314 e. The maximum absolute atomic E-state index is 3.69. The molecule has 0 amide bonds. The van der Waals surface area contributed by atoms with Crippen LogP contribution in [0.5, 0.6) is 0 Å². The van der Waals surface area contributed by atoms with Crippen molar-refractivity contribution in [2.24, 2.45) is 5.92 Å². The molecule has 2 heterocycles. The van der Waals surface area contributed by atoms with E-state index in [1.165, 1.54) is 42.2 Å². The Balaban J connectivity index is 1.80. The molecule has 1 aliphatic heterocycles. The summed E-state index contributed by atoms with van der Waals surface area (Å²) in [6.45, 7) is 11.6. The fourth-order valence-electron chi connectivity index (χ4n) is 2.80. The summed E-state index contributed by atoms with van der Waals surface area (Å²) in [5.74, 6) is 0.770. The monoisotopic (exact) mass is 266 g/mol. The molecule has 102 valence electrons. The van der Waals surface area contributed by atoms with Crippen LogP contribution in [0.25, 0.3) is 0 Å². The van der Waals surface area contributed by atoms with Crippen LogP contribution in [-0.4, -0.2) is 30.6 Å². The zero-order valence-corrected chi connectivity index (χ0v) is 12.7. The van der Waals surface area contributed by atoms with Gasteiger partial charge in [-0.05, 0) is 44.4 Å². The number of hydrogen-bond donors (Lipinski definition) is 1. The molecule has 1 fully saturated rings. The van der Waals surface area contributed by atoms with Gasteiger partial charge >= 0.3 is 0 Å². The second-order valence-electron chi connectivity index (χ2n) is 5.57. The highest BCUT2D eigenvalue weighted by atomic mass is 32.1. The van der Waals surface area contributed by atoms with E-state index in [2.05, 4.69) is 43.1 Å². The van der Waals surface area contributed by atoms with Gasteiger partial charge in [0.05, 0.1) is 0 Å². The van der Waals surface area contributed by atoms with Crippen molar-refractivity contribution in [3.05, 3.63) is 21.9 Å². The molecule has 0 bridgehead atoms. The molecule has 1 saturated heterocycles. The van der Waals surface area contributed by atoms with Gasteiger partial charge < -0.3 is 5.32 Å². The molecular formula is C15H26N2S. The molecule has 18 heavy (non-hydrogen) atoms. The Morgan fingerprint density at radius 2 is 2.28 bits per heavy atom. The Morgan fingerprint density at radius 3 is 2.89 bits per heavy atom. The molecule has 1 aliphatic rings. The van der Waals surface area contributed by atoms with Gasteiger partial charge in [-0.2, -0.15) is 0 Å². The van der Waals surface area contributed by atoms with Crippen LogP contribution in [0.2, 0.25) is 0 Å². The number of rotatable bonds is 5. The Bertz CT molecular complexity index is 361. The molecule has 2 unspecified atom stereocenters. The van der Waals surface area contributed by atoms with Crippen molar-refractivity contribution < 1.29 is 0 Å². The van der Waals surface area contributed by atoms with Crippen LogP contribution in [0.4, 0.5) is 0 Å². The van der Waals surface area contributed by atoms with Crippen molar-refractivity contribution in [2.75, 3.05) is 19.6 Å². The van der Waals surface area contributed by atoms with Crippen molar-refractivity contribution in [3.8, 4) is 0 Å². The molecule has 1 N–H and O–H groups in total. The highest BCUT2D eigenvalue weighted by Crippen LogP contribution is 2.22. The summed E-state index contributed by atoms with van der Waals surface area (Å²) >= 11 is 1.94. The predicted molar refractivity (Wildman–Crippen MR) is 80.2 cm³/mol. The summed E-state index contributed by atoms with van der Waals surface area (Å²) in [6, 6.07) is 5.25.